The Morgan fingerprint density at radius 1 is 0.818 bits per heavy atom. The summed E-state index contributed by atoms with van der Waals surface area (Å²) in [4.78, 5) is 0. The summed E-state index contributed by atoms with van der Waals surface area (Å²) in [6, 6.07) is 3.96. The van der Waals surface area contributed by atoms with Crippen molar-refractivity contribution in [2.45, 2.75) is 77.2 Å². The summed E-state index contributed by atoms with van der Waals surface area (Å²) in [6.45, 7) is 2.20. The van der Waals surface area contributed by atoms with Crippen molar-refractivity contribution in [1.82, 2.24) is 0 Å². The first-order chi connectivity index (χ1) is 15.7. The van der Waals surface area contributed by atoms with Crippen LogP contribution in [-0.2, 0) is 12.5 Å². The fourth-order valence-electron chi connectivity index (χ4n) is 4.61. The molecule has 2 aromatic carbocycles. The standard InChI is InChI=1S/C26H30F6O/c1-2-3-4-5-17-6-8-18(9-7-17)10-11-19-12-13-21(22(27)14-19)26(31,32)33-20-15-23(28)25(30)24(29)16-20/h12-18H,2-11H2,1H3/t17-,18-. The van der Waals surface area contributed by atoms with Gasteiger partial charge in [0.1, 0.15) is 11.6 Å². The van der Waals surface area contributed by atoms with Gasteiger partial charge in [-0.15, -0.1) is 0 Å². The second kappa shape index (κ2) is 11.3. The van der Waals surface area contributed by atoms with Gasteiger partial charge in [-0.3, -0.25) is 0 Å². The SMILES string of the molecule is CCCCC[C@H]1CC[C@H](CCc2ccc(C(F)(F)Oc3cc(F)c(F)c(F)c3)c(F)c2)CC1. The third-order valence-electron chi connectivity index (χ3n) is 6.57. The average molecular weight is 473 g/mol. The number of hydrogen-bond acceptors (Lipinski definition) is 1. The highest BCUT2D eigenvalue weighted by Gasteiger charge is 2.38. The number of alkyl halides is 2. The summed E-state index contributed by atoms with van der Waals surface area (Å²) in [7, 11) is 0. The first-order valence-electron chi connectivity index (χ1n) is 11.7. The van der Waals surface area contributed by atoms with Crippen LogP contribution in [0.15, 0.2) is 30.3 Å². The topological polar surface area (TPSA) is 9.23 Å². The van der Waals surface area contributed by atoms with Crippen LogP contribution >= 0.6 is 0 Å². The van der Waals surface area contributed by atoms with Gasteiger partial charge < -0.3 is 4.74 Å². The summed E-state index contributed by atoms with van der Waals surface area (Å²) in [5.41, 5.74) is -0.444. The van der Waals surface area contributed by atoms with Gasteiger partial charge in [-0.05, 0) is 42.4 Å². The number of benzene rings is 2. The number of rotatable bonds is 10. The number of aryl methyl sites for hydroxylation is 1. The largest absolute Gasteiger partial charge is 0.429 e. The van der Waals surface area contributed by atoms with Crippen molar-refractivity contribution in [2.75, 3.05) is 0 Å². The second-order valence-corrected chi connectivity index (χ2v) is 9.06. The maximum absolute atomic E-state index is 14.5. The molecule has 0 bridgehead atoms. The van der Waals surface area contributed by atoms with Crippen molar-refractivity contribution < 1.29 is 31.1 Å². The molecule has 0 N–H and O–H groups in total. The number of halogens is 6. The van der Waals surface area contributed by atoms with Crippen molar-refractivity contribution in [3.63, 3.8) is 0 Å². The molecule has 1 fully saturated rings. The summed E-state index contributed by atoms with van der Waals surface area (Å²) in [5, 5.41) is 0. The molecule has 2 aromatic rings. The van der Waals surface area contributed by atoms with Crippen molar-refractivity contribution in [3.8, 4) is 5.75 Å². The molecule has 0 atom stereocenters. The van der Waals surface area contributed by atoms with E-state index in [-0.39, 0.29) is 12.1 Å². The molecular weight excluding hydrogens is 442 g/mol. The van der Waals surface area contributed by atoms with Gasteiger partial charge in [-0.25, -0.2) is 17.6 Å². The molecule has 0 aromatic heterocycles. The normalized spacial score (nSPS) is 19.0. The van der Waals surface area contributed by atoms with Gasteiger partial charge in [0.05, 0.1) is 5.56 Å². The van der Waals surface area contributed by atoms with E-state index >= 15 is 0 Å². The van der Waals surface area contributed by atoms with E-state index in [9.17, 15) is 26.3 Å². The Labute approximate surface area is 191 Å². The van der Waals surface area contributed by atoms with Gasteiger partial charge >= 0.3 is 6.11 Å². The Kier molecular flexibility index (Phi) is 8.71. The summed E-state index contributed by atoms with van der Waals surface area (Å²) in [6.07, 6.45) is 7.10. The van der Waals surface area contributed by atoms with Crippen LogP contribution in [-0.4, -0.2) is 0 Å². The fraction of sp³-hybridized carbons (Fsp3) is 0.538. The van der Waals surface area contributed by atoms with E-state index in [0.717, 1.165) is 37.3 Å². The zero-order chi connectivity index (χ0) is 24.0. The first-order valence-corrected chi connectivity index (χ1v) is 11.7. The zero-order valence-electron chi connectivity index (χ0n) is 18.8. The minimum Gasteiger partial charge on any atom is -0.429 e. The van der Waals surface area contributed by atoms with Gasteiger partial charge in [0, 0.05) is 12.1 Å². The molecule has 0 saturated heterocycles. The maximum atomic E-state index is 14.5. The highest BCUT2D eigenvalue weighted by Crippen LogP contribution is 2.36. The van der Waals surface area contributed by atoms with Crippen molar-refractivity contribution in [3.05, 3.63) is 64.7 Å². The Morgan fingerprint density at radius 3 is 2.00 bits per heavy atom. The molecule has 0 radical (unpaired) electrons. The molecule has 7 heteroatoms. The monoisotopic (exact) mass is 472 g/mol. The van der Waals surface area contributed by atoms with E-state index in [1.54, 1.807) is 0 Å². The fourth-order valence-corrected chi connectivity index (χ4v) is 4.61. The Bertz CT molecular complexity index is 898. The molecule has 0 heterocycles. The molecule has 3 rings (SSSR count). The molecule has 1 aliphatic rings. The lowest BCUT2D eigenvalue weighted by atomic mass is 9.78. The summed E-state index contributed by atoms with van der Waals surface area (Å²) < 4.78 is 87.2. The molecule has 33 heavy (non-hydrogen) atoms. The van der Waals surface area contributed by atoms with Crippen LogP contribution < -0.4 is 4.74 Å². The maximum Gasteiger partial charge on any atom is 0.429 e. The Balaban J connectivity index is 1.55. The lowest BCUT2D eigenvalue weighted by Crippen LogP contribution is -2.24. The van der Waals surface area contributed by atoms with Crippen LogP contribution in [0.4, 0.5) is 26.3 Å². The van der Waals surface area contributed by atoms with E-state index in [0.29, 0.717) is 17.9 Å². The minimum absolute atomic E-state index is 0.289. The second-order valence-electron chi connectivity index (χ2n) is 9.06. The van der Waals surface area contributed by atoms with Gasteiger partial charge in [0.25, 0.3) is 0 Å². The smallest absolute Gasteiger partial charge is 0.429 e. The van der Waals surface area contributed by atoms with Crippen molar-refractivity contribution >= 4 is 0 Å². The number of ether oxygens (including phenoxy) is 1. The zero-order valence-corrected chi connectivity index (χ0v) is 18.8. The molecule has 0 spiro atoms. The van der Waals surface area contributed by atoms with Crippen LogP contribution in [0.2, 0.25) is 0 Å². The van der Waals surface area contributed by atoms with Crippen molar-refractivity contribution in [1.29, 1.82) is 0 Å². The third-order valence-corrected chi connectivity index (χ3v) is 6.57. The predicted molar refractivity (Wildman–Crippen MR) is 115 cm³/mol. The van der Waals surface area contributed by atoms with Crippen molar-refractivity contribution in [2.24, 2.45) is 11.8 Å². The molecule has 0 aliphatic heterocycles. The quantitative estimate of drug-likeness (QED) is 0.191. The molecule has 0 unspecified atom stereocenters. The molecule has 1 nitrogen and oxygen atoms in total. The van der Waals surface area contributed by atoms with E-state index in [1.807, 2.05) is 0 Å². The molecule has 0 amide bonds. The predicted octanol–water partition coefficient (Wildman–Crippen LogP) is 8.69. The first kappa shape index (κ1) is 25.4. The van der Waals surface area contributed by atoms with Crippen LogP contribution in [0, 0.1) is 35.1 Å². The van der Waals surface area contributed by atoms with Gasteiger partial charge in [0.2, 0.25) is 0 Å². The lowest BCUT2D eigenvalue weighted by molar-refractivity contribution is -0.187. The average Bonchev–Trinajstić information content (AvgIpc) is 2.76. The Morgan fingerprint density at radius 2 is 1.42 bits per heavy atom. The van der Waals surface area contributed by atoms with Gasteiger partial charge in [-0.2, -0.15) is 8.78 Å². The summed E-state index contributed by atoms with van der Waals surface area (Å²) >= 11 is 0. The van der Waals surface area contributed by atoms with Crippen LogP contribution in [0.5, 0.6) is 5.75 Å². The van der Waals surface area contributed by atoms with E-state index in [1.165, 1.54) is 44.6 Å². The van der Waals surface area contributed by atoms with E-state index < -0.39 is 40.7 Å². The van der Waals surface area contributed by atoms with E-state index in [2.05, 4.69) is 11.7 Å². The molecule has 1 saturated carbocycles. The highest BCUT2D eigenvalue weighted by atomic mass is 19.3. The molecule has 182 valence electrons. The van der Waals surface area contributed by atoms with E-state index in [4.69, 9.17) is 0 Å². The molecule has 1 aliphatic carbocycles. The number of unbranched alkanes of at least 4 members (excludes halogenated alkanes) is 2. The van der Waals surface area contributed by atoms with Crippen LogP contribution in [0.3, 0.4) is 0 Å². The van der Waals surface area contributed by atoms with Crippen LogP contribution in [0.25, 0.3) is 0 Å². The lowest BCUT2D eigenvalue weighted by Gasteiger charge is -2.28. The summed E-state index contributed by atoms with van der Waals surface area (Å²) in [5.74, 6) is -5.90. The van der Waals surface area contributed by atoms with Crippen LogP contribution in [0.1, 0.15) is 75.8 Å². The number of hydrogen-bond donors (Lipinski definition) is 0. The minimum atomic E-state index is -4.19. The molecular formula is C26H30F6O. The van der Waals surface area contributed by atoms with Gasteiger partial charge in [0.15, 0.2) is 17.5 Å². The Hall–Kier alpha value is -2.18. The third kappa shape index (κ3) is 6.90. The van der Waals surface area contributed by atoms with Gasteiger partial charge in [-0.1, -0.05) is 64.4 Å². The highest BCUT2D eigenvalue weighted by molar-refractivity contribution is 5.30.